The Labute approximate surface area is 149 Å². The van der Waals surface area contributed by atoms with Crippen molar-refractivity contribution < 1.29 is 5.11 Å². The first-order chi connectivity index (χ1) is 12.3. The van der Waals surface area contributed by atoms with Gasteiger partial charge in [-0.05, 0) is 13.3 Å². The molecule has 0 saturated carbocycles. The molecule has 3 aromatic heterocycles. The van der Waals surface area contributed by atoms with Crippen LogP contribution in [-0.4, -0.2) is 69.9 Å². The molecule has 4 rings (SSSR count). The van der Waals surface area contributed by atoms with Crippen molar-refractivity contribution in [3.63, 3.8) is 0 Å². The van der Waals surface area contributed by atoms with E-state index in [1.807, 2.05) is 11.8 Å². The first-order valence-corrected chi connectivity index (χ1v) is 8.64. The highest BCUT2D eigenvalue weighted by Gasteiger charge is 2.29. The molecule has 2 unspecified atom stereocenters. The van der Waals surface area contributed by atoms with Gasteiger partial charge in [0.05, 0.1) is 6.10 Å². The Bertz CT molecular complexity index is 913. The third-order valence-corrected chi connectivity index (χ3v) is 4.46. The van der Waals surface area contributed by atoms with E-state index in [-0.39, 0.29) is 17.6 Å². The van der Waals surface area contributed by atoms with Gasteiger partial charge in [-0.15, -0.1) is 20.4 Å². The summed E-state index contributed by atoms with van der Waals surface area (Å²) in [5.74, 6) is 1.90. The van der Waals surface area contributed by atoms with E-state index >= 15 is 0 Å². The quantitative estimate of drug-likeness (QED) is 0.673. The highest BCUT2D eigenvalue weighted by Crippen LogP contribution is 2.29. The number of tetrazole rings is 1. The average Bonchev–Trinajstić information content (AvgIpc) is 3.32. The number of hydrogen-bond acceptors (Lipinski definition) is 9. The molecule has 1 fully saturated rings. The van der Waals surface area contributed by atoms with Gasteiger partial charge >= 0.3 is 0 Å². The van der Waals surface area contributed by atoms with Crippen molar-refractivity contribution in [2.45, 2.75) is 51.7 Å². The average molecular weight is 358 g/mol. The second-order valence-electron chi connectivity index (χ2n) is 7.65. The number of aliphatic hydroxyl groups is 1. The minimum atomic E-state index is -0.355. The van der Waals surface area contributed by atoms with Crippen molar-refractivity contribution in [2.24, 2.45) is 0 Å². The van der Waals surface area contributed by atoms with Crippen LogP contribution in [0.1, 0.15) is 51.8 Å². The molecular weight excluding hydrogens is 336 g/mol. The molecule has 1 aliphatic rings. The molecule has 138 valence electrons. The van der Waals surface area contributed by atoms with E-state index < -0.39 is 0 Å². The van der Waals surface area contributed by atoms with Gasteiger partial charge in [0.25, 0.3) is 0 Å². The summed E-state index contributed by atoms with van der Waals surface area (Å²) in [5.41, 5.74) is 0.906. The van der Waals surface area contributed by atoms with Gasteiger partial charge in [0.2, 0.25) is 11.5 Å². The van der Waals surface area contributed by atoms with Gasteiger partial charge in [0.1, 0.15) is 11.9 Å². The van der Waals surface area contributed by atoms with Crippen LogP contribution in [0.25, 0.3) is 11.2 Å². The third kappa shape index (κ3) is 2.87. The van der Waals surface area contributed by atoms with Gasteiger partial charge in [-0.3, -0.25) is 0 Å². The number of rotatable bonds is 3. The number of aromatic amines is 1. The van der Waals surface area contributed by atoms with Gasteiger partial charge in [0.15, 0.2) is 11.3 Å². The molecule has 0 radical (unpaired) electrons. The summed E-state index contributed by atoms with van der Waals surface area (Å²) in [5, 5.41) is 33.1. The lowest BCUT2D eigenvalue weighted by Gasteiger charge is -2.21. The van der Waals surface area contributed by atoms with Crippen molar-refractivity contribution in [3.8, 4) is 0 Å². The lowest BCUT2D eigenvalue weighted by molar-refractivity contribution is 0.198. The summed E-state index contributed by atoms with van der Waals surface area (Å²) in [7, 11) is 0. The molecule has 0 bridgehead atoms. The predicted molar refractivity (Wildman–Crippen MR) is 92.6 cm³/mol. The Morgan fingerprint density at radius 1 is 1.23 bits per heavy atom. The highest BCUT2D eigenvalue weighted by atomic mass is 16.3. The number of β-amino-alcohol motifs (C(OH)–C–C–N with tert-alkyl or cyclic N) is 1. The summed E-state index contributed by atoms with van der Waals surface area (Å²) >= 11 is 0. The fraction of sp³-hybridized carbons (Fsp3) is 0.667. The summed E-state index contributed by atoms with van der Waals surface area (Å²) in [6.07, 6.45) is 0.357. The SMILES string of the molecule is CC(c1nn[nH]n1)n1nc2nc(C(C)(C)C)nc(N3CCC(O)C3)c2n1. The van der Waals surface area contributed by atoms with E-state index in [0.29, 0.717) is 41.6 Å². The van der Waals surface area contributed by atoms with Crippen molar-refractivity contribution in [3.05, 3.63) is 11.6 Å². The second-order valence-corrected chi connectivity index (χ2v) is 7.65. The molecule has 0 aromatic carbocycles. The Morgan fingerprint density at radius 2 is 2.04 bits per heavy atom. The maximum Gasteiger partial charge on any atom is 0.207 e. The zero-order chi connectivity index (χ0) is 18.5. The van der Waals surface area contributed by atoms with Crippen LogP contribution in [-0.2, 0) is 5.41 Å². The summed E-state index contributed by atoms with van der Waals surface area (Å²) in [6.45, 7) is 9.32. The van der Waals surface area contributed by atoms with Crippen molar-refractivity contribution in [1.29, 1.82) is 0 Å². The Hall–Kier alpha value is -2.69. The van der Waals surface area contributed by atoms with E-state index in [4.69, 9.17) is 4.98 Å². The van der Waals surface area contributed by atoms with Crippen LogP contribution in [0, 0.1) is 0 Å². The number of aliphatic hydroxyl groups excluding tert-OH is 1. The topological polar surface area (TPSA) is 134 Å². The summed E-state index contributed by atoms with van der Waals surface area (Å²) in [4.78, 5) is 13.0. The van der Waals surface area contributed by atoms with Gasteiger partial charge in [-0.1, -0.05) is 26.0 Å². The normalized spacial score (nSPS) is 19.4. The number of aromatic nitrogens is 9. The third-order valence-electron chi connectivity index (χ3n) is 4.46. The zero-order valence-corrected chi connectivity index (χ0v) is 15.2. The second kappa shape index (κ2) is 5.94. The van der Waals surface area contributed by atoms with Crippen LogP contribution >= 0.6 is 0 Å². The molecule has 11 heteroatoms. The van der Waals surface area contributed by atoms with Crippen LogP contribution in [0.3, 0.4) is 0 Å². The first kappa shape index (κ1) is 16.8. The van der Waals surface area contributed by atoms with Crippen molar-refractivity contribution >= 4 is 17.0 Å². The molecule has 4 heterocycles. The van der Waals surface area contributed by atoms with E-state index in [1.54, 1.807) is 0 Å². The smallest absolute Gasteiger partial charge is 0.207 e. The number of nitrogens with one attached hydrogen (secondary N) is 1. The molecule has 2 N–H and O–H groups in total. The fourth-order valence-electron chi connectivity index (χ4n) is 2.93. The Morgan fingerprint density at radius 3 is 2.65 bits per heavy atom. The van der Waals surface area contributed by atoms with Crippen LogP contribution < -0.4 is 4.90 Å². The highest BCUT2D eigenvalue weighted by molar-refractivity contribution is 5.82. The predicted octanol–water partition coefficient (Wildman–Crippen LogP) is 0.212. The van der Waals surface area contributed by atoms with Crippen LogP contribution in [0.2, 0.25) is 0 Å². The largest absolute Gasteiger partial charge is 0.391 e. The van der Waals surface area contributed by atoms with E-state index in [9.17, 15) is 5.11 Å². The lowest BCUT2D eigenvalue weighted by Crippen LogP contribution is -2.25. The number of nitrogens with zero attached hydrogens (tertiary/aromatic N) is 9. The monoisotopic (exact) mass is 358 g/mol. The van der Waals surface area contributed by atoms with Gasteiger partial charge in [0, 0.05) is 18.5 Å². The van der Waals surface area contributed by atoms with E-state index in [2.05, 4.69) is 56.6 Å². The molecule has 0 aliphatic carbocycles. The molecule has 1 aliphatic heterocycles. The van der Waals surface area contributed by atoms with Crippen molar-refractivity contribution in [2.75, 3.05) is 18.0 Å². The number of H-pyrrole nitrogens is 1. The Kier molecular flexibility index (Phi) is 3.83. The maximum absolute atomic E-state index is 9.93. The lowest BCUT2D eigenvalue weighted by atomic mass is 9.96. The number of anilines is 1. The molecule has 2 atom stereocenters. The molecular formula is C15H22N10O. The standard InChI is InChI=1S/C15H22N10O/c1-8(11-18-22-23-19-11)25-20-10-12(21-25)16-14(15(2,3)4)17-13(10)24-6-5-9(26)7-24/h8-9,26H,5-7H2,1-4H3,(H,18,19,22,23). The maximum atomic E-state index is 9.93. The minimum Gasteiger partial charge on any atom is -0.391 e. The van der Waals surface area contributed by atoms with Gasteiger partial charge in [-0.2, -0.15) is 10.0 Å². The molecule has 11 nitrogen and oxygen atoms in total. The van der Waals surface area contributed by atoms with Crippen molar-refractivity contribution in [1.82, 2.24) is 45.6 Å². The number of hydrogen-bond donors (Lipinski definition) is 2. The van der Waals surface area contributed by atoms with Gasteiger partial charge in [-0.25, -0.2) is 9.97 Å². The van der Waals surface area contributed by atoms with Crippen LogP contribution in [0.4, 0.5) is 5.82 Å². The summed E-state index contributed by atoms with van der Waals surface area (Å²) < 4.78 is 0. The van der Waals surface area contributed by atoms with Crippen LogP contribution in [0.15, 0.2) is 0 Å². The molecule has 3 aromatic rings. The zero-order valence-electron chi connectivity index (χ0n) is 15.2. The molecule has 0 spiro atoms. The molecule has 26 heavy (non-hydrogen) atoms. The van der Waals surface area contributed by atoms with E-state index in [0.717, 1.165) is 6.54 Å². The Balaban J connectivity index is 1.84. The van der Waals surface area contributed by atoms with E-state index in [1.165, 1.54) is 4.80 Å². The number of fused-ring (bicyclic) bond motifs is 1. The van der Waals surface area contributed by atoms with Gasteiger partial charge < -0.3 is 10.0 Å². The fourth-order valence-corrected chi connectivity index (χ4v) is 2.93. The summed E-state index contributed by atoms with van der Waals surface area (Å²) in [6, 6.07) is -0.293. The van der Waals surface area contributed by atoms with Crippen LogP contribution in [0.5, 0.6) is 0 Å². The first-order valence-electron chi connectivity index (χ1n) is 8.64. The minimum absolute atomic E-state index is 0.232. The molecule has 1 saturated heterocycles. The molecule has 0 amide bonds.